The molecular weight excluding hydrogens is 331 g/mol. The highest BCUT2D eigenvalue weighted by Crippen LogP contribution is 2.49. The van der Waals surface area contributed by atoms with Gasteiger partial charge in [0.15, 0.2) is 0 Å². The molecule has 24 heavy (non-hydrogen) atoms. The van der Waals surface area contributed by atoms with Crippen LogP contribution < -0.4 is 10.5 Å². The molecule has 0 heterocycles. The summed E-state index contributed by atoms with van der Waals surface area (Å²) in [4.78, 5) is 12.6. The zero-order chi connectivity index (χ0) is 17.4. The second-order valence-electron chi connectivity index (χ2n) is 6.02. The minimum absolute atomic E-state index is 0.258. The molecule has 0 bridgehead atoms. The molecule has 0 aromatic heterocycles. The van der Waals surface area contributed by atoms with Crippen LogP contribution in [0, 0.1) is 5.82 Å². The lowest BCUT2D eigenvalue weighted by molar-refractivity contribution is -0.118. The fourth-order valence-corrected chi connectivity index (χ4v) is 3.42. The fourth-order valence-electron chi connectivity index (χ4n) is 2.76. The lowest BCUT2D eigenvalue weighted by atomic mass is 9.94. The molecule has 1 aliphatic carbocycles. The van der Waals surface area contributed by atoms with Gasteiger partial charge in [-0.2, -0.15) is 0 Å². The van der Waals surface area contributed by atoms with Gasteiger partial charge in [-0.15, -0.1) is 0 Å². The summed E-state index contributed by atoms with van der Waals surface area (Å²) in [6.45, 7) is 0. The molecule has 3 N–H and O–H groups in total. The van der Waals surface area contributed by atoms with Crippen molar-refractivity contribution in [2.75, 3.05) is 5.32 Å². The number of primary sulfonamides is 1. The molecule has 126 valence electrons. The molecular formula is C17H17FN2O3S. The zero-order valence-electron chi connectivity index (χ0n) is 12.8. The molecule has 0 aliphatic heterocycles. The number of benzene rings is 2. The topological polar surface area (TPSA) is 89.3 Å². The minimum Gasteiger partial charge on any atom is -0.325 e. The van der Waals surface area contributed by atoms with Crippen molar-refractivity contribution in [3.63, 3.8) is 0 Å². The normalized spacial score (nSPS) is 15.8. The summed E-state index contributed by atoms with van der Waals surface area (Å²) in [5.74, 6) is -0.902. The smallest absolute Gasteiger partial charge is 0.235 e. The van der Waals surface area contributed by atoms with Crippen LogP contribution in [0.5, 0.6) is 0 Å². The molecule has 3 rings (SSSR count). The maximum absolute atomic E-state index is 14.0. The standard InChI is InChI=1S/C17H17FN2O3S/c18-15-4-2-1-3-14(15)17(9-10-17)16(21)20-13-7-5-12(6-8-13)11-24(19,22)23/h1-8H,9-11H2,(H,20,21)(H2,19,22,23). The average Bonchev–Trinajstić information content (AvgIpc) is 3.30. The first-order valence-corrected chi connectivity index (χ1v) is 9.18. The Morgan fingerprint density at radius 3 is 2.29 bits per heavy atom. The maximum Gasteiger partial charge on any atom is 0.235 e. The number of amides is 1. The number of sulfonamides is 1. The van der Waals surface area contributed by atoms with E-state index in [0.29, 0.717) is 29.7 Å². The van der Waals surface area contributed by atoms with Gasteiger partial charge in [0, 0.05) is 11.3 Å². The van der Waals surface area contributed by atoms with Crippen molar-refractivity contribution in [3.05, 3.63) is 65.5 Å². The van der Waals surface area contributed by atoms with Crippen LogP contribution in [0.4, 0.5) is 10.1 Å². The molecule has 0 radical (unpaired) electrons. The molecule has 0 saturated heterocycles. The third-order valence-electron chi connectivity index (χ3n) is 4.15. The van der Waals surface area contributed by atoms with Crippen LogP contribution in [-0.4, -0.2) is 14.3 Å². The number of halogens is 1. The summed E-state index contributed by atoms with van der Waals surface area (Å²) in [7, 11) is -3.60. The first kappa shape index (κ1) is 16.6. The molecule has 0 spiro atoms. The second kappa shape index (κ2) is 5.99. The molecule has 1 aliphatic rings. The first-order valence-electron chi connectivity index (χ1n) is 7.46. The van der Waals surface area contributed by atoms with E-state index in [9.17, 15) is 17.6 Å². The van der Waals surface area contributed by atoms with Gasteiger partial charge in [0.05, 0.1) is 11.2 Å². The van der Waals surface area contributed by atoms with Gasteiger partial charge in [0.25, 0.3) is 0 Å². The lowest BCUT2D eigenvalue weighted by Crippen LogP contribution is -2.28. The van der Waals surface area contributed by atoms with Crippen LogP contribution >= 0.6 is 0 Å². The van der Waals surface area contributed by atoms with E-state index in [-0.39, 0.29) is 17.5 Å². The Morgan fingerprint density at radius 2 is 1.75 bits per heavy atom. The summed E-state index contributed by atoms with van der Waals surface area (Å²) in [6, 6.07) is 12.7. The van der Waals surface area contributed by atoms with Crippen molar-refractivity contribution in [3.8, 4) is 0 Å². The predicted octanol–water partition coefficient (Wildman–Crippen LogP) is 2.28. The second-order valence-corrected chi connectivity index (χ2v) is 7.63. The third-order valence-corrected chi connectivity index (χ3v) is 4.89. The van der Waals surface area contributed by atoms with Crippen molar-refractivity contribution >= 4 is 21.6 Å². The quantitative estimate of drug-likeness (QED) is 0.869. The van der Waals surface area contributed by atoms with Crippen molar-refractivity contribution in [1.82, 2.24) is 0 Å². The number of rotatable bonds is 5. The third kappa shape index (κ3) is 3.47. The monoisotopic (exact) mass is 348 g/mol. The predicted molar refractivity (Wildman–Crippen MR) is 89.2 cm³/mol. The van der Waals surface area contributed by atoms with Crippen molar-refractivity contribution < 1.29 is 17.6 Å². The Hall–Kier alpha value is -2.25. The molecule has 1 amide bonds. The molecule has 0 unspecified atom stereocenters. The van der Waals surface area contributed by atoms with Crippen LogP contribution in [0.1, 0.15) is 24.0 Å². The minimum atomic E-state index is -3.60. The molecule has 1 fully saturated rings. The number of nitrogens with one attached hydrogen (secondary N) is 1. The Kier molecular flexibility index (Phi) is 4.15. The summed E-state index contributed by atoms with van der Waals surface area (Å²) in [6.07, 6.45) is 1.20. The number of carbonyl (C=O) groups excluding carboxylic acids is 1. The van der Waals surface area contributed by atoms with Crippen LogP contribution in [0.2, 0.25) is 0 Å². The summed E-state index contributed by atoms with van der Waals surface area (Å²) < 4.78 is 36.1. The van der Waals surface area contributed by atoms with E-state index >= 15 is 0 Å². The summed E-state index contributed by atoms with van der Waals surface area (Å²) in [5.41, 5.74) is 0.657. The van der Waals surface area contributed by atoms with Gasteiger partial charge in [-0.05, 0) is 36.6 Å². The highest BCUT2D eigenvalue weighted by atomic mass is 32.2. The Balaban J connectivity index is 1.75. The molecule has 1 saturated carbocycles. The van der Waals surface area contributed by atoms with Crippen molar-refractivity contribution in [2.45, 2.75) is 24.0 Å². The molecule has 2 aromatic carbocycles. The largest absolute Gasteiger partial charge is 0.325 e. The Morgan fingerprint density at radius 1 is 1.12 bits per heavy atom. The Bertz CT molecular complexity index is 875. The average molecular weight is 348 g/mol. The summed E-state index contributed by atoms with van der Waals surface area (Å²) >= 11 is 0. The van der Waals surface area contributed by atoms with E-state index in [1.807, 2.05) is 0 Å². The molecule has 5 nitrogen and oxygen atoms in total. The van der Waals surface area contributed by atoms with Crippen molar-refractivity contribution in [2.24, 2.45) is 5.14 Å². The van der Waals surface area contributed by atoms with Gasteiger partial charge in [0.2, 0.25) is 15.9 Å². The van der Waals surface area contributed by atoms with E-state index in [1.165, 1.54) is 6.07 Å². The Labute approximate surface area is 139 Å². The number of nitrogens with two attached hydrogens (primary N) is 1. The fraction of sp³-hybridized carbons (Fsp3) is 0.235. The van der Waals surface area contributed by atoms with Gasteiger partial charge in [0.1, 0.15) is 5.82 Å². The van der Waals surface area contributed by atoms with E-state index in [0.717, 1.165) is 0 Å². The van der Waals surface area contributed by atoms with Gasteiger partial charge >= 0.3 is 0 Å². The molecule has 2 aromatic rings. The van der Waals surface area contributed by atoms with E-state index in [1.54, 1.807) is 42.5 Å². The van der Waals surface area contributed by atoms with Gasteiger partial charge in [-0.3, -0.25) is 4.79 Å². The zero-order valence-corrected chi connectivity index (χ0v) is 13.6. The van der Waals surface area contributed by atoms with Crippen LogP contribution in [0.3, 0.4) is 0 Å². The lowest BCUT2D eigenvalue weighted by Gasteiger charge is -2.16. The number of hydrogen-bond acceptors (Lipinski definition) is 3. The van der Waals surface area contributed by atoms with E-state index < -0.39 is 15.4 Å². The number of carbonyl (C=O) groups is 1. The van der Waals surface area contributed by atoms with Gasteiger partial charge in [-0.1, -0.05) is 30.3 Å². The first-order chi connectivity index (χ1) is 11.3. The van der Waals surface area contributed by atoms with Gasteiger partial charge < -0.3 is 5.32 Å². The van der Waals surface area contributed by atoms with E-state index in [4.69, 9.17) is 5.14 Å². The SMILES string of the molecule is NS(=O)(=O)Cc1ccc(NC(=O)C2(c3ccccc3F)CC2)cc1. The maximum atomic E-state index is 14.0. The van der Waals surface area contributed by atoms with Crippen LogP contribution in [-0.2, 0) is 26.0 Å². The highest BCUT2D eigenvalue weighted by molar-refractivity contribution is 7.88. The molecule has 0 atom stereocenters. The van der Waals surface area contributed by atoms with Gasteiger partial charge in [-0.25, -0.2) is 17.9 Å². The van der Waals surface area contributed by atoms with Crippen LogP contribution in [0.25, 0.3) is 0 Å². The van der Waals surface area contributed by atoms with E-state index in [2.05, 4.69) is 5.32 Å². The van der Waals surface area contributed by atoms with Crippen LogP contribution in [0.15, 0.2) is 48.5 Å². The number of anilines is 1. The summed E-state index contributed by atoms with van der Waals surface area (Å²) in [5, 5.41) is 7.77. The number of hydrogen-bond donors (Lipinski definition) is 2. The molecule has 7 heteroatoms. The highest BCUT2D eigenvalue weighted by Gasteiger charge is 2.52. The van der Waals surface area contributed by atoms with Crippen molar-refractivity contribution in [1.29, 1.82) is 0 Å².